The van der Waals surface area contributed by atoms with Crippen LogP contribution in [0.15, 0.2) is 48.5 Å². The monoisotopic (exact) mass is 388 g/mol. The number of rotatable bonds is 6. The fraction of sp³-hybridized carbons (Fsp3) is 0.250. The summed E-state index contributed by atoms with van der Waals surface area (Å²) in [4.78, 5) is 37.3. The number of hydrogen-bond donors (Lipinski definition) is 2. The van der Waals surface area contributed by atoms with E-state index in [-0.39, 0.29) is 25.1 Å². The molecule has 1 saturated heterocycles. The summed E-state index contributed by atoms with van der Waals surface area (Å²) in [6, 6.07) is 10.5. The summed E-state index contributed by atoms with van der Waals surface area (Å²) in [7, 11) is 0. The normalized spacial score (nSPS) is 17.4. The van der Waals surface area contributed by atoms with Gasteiger partial charge in [-0.1, -0.05) is 30.3 Å². The van der Waals surface area contributed by atoms with E-state index in [0.717, 1.165) is 22.6 Å². The van der Waals surface area contributed by atoms with Crippen LogP contribution >= 0.6 is 0 Å². The van der Waals surface area contributed by atoms with E-state index < -0.39 is 41.4 Å². The third-order valence-electron chi connectivity index (χ3n) is 4.59. The zero-order valence-electron chi connectivity index (χ0n) is 14.8. The van der Waals surface area contributed by atoms with Crippen molar-refractivity contribution in [1.29, 1.82) is 0 Å². The van der Waals surface area contributed by atoms with Crippen LogP contribution in [0.4, 0.5) is 14.5 Å². The molecule has 1 aliphatic rings. The topological polar surface area (TPSA) is 86.7 Å². The number of anilines is 1. The smallest absolute Gasteiger partial charge is 0.326 e. The number of carbonyl (C=O) groups excluding carboxylic acids is 2. The van der Waals surface area contributed by atoms with Crippen LogP contribution < -0.4 is 10.2 Å². The Kier molecular flexibility index (Phi) is 5.67. The lowest BCUT2D eigenvalue weighted by Crippen LogP contribution is -2.45. The maximum absolute atomic E-state index is 13.9. The van der Waals surface area contributed by atoms with Crippen LogP contribution in [-0.4, -0.2) is 35.5 Å². The standard InChI is InChI=1S/C20H18F2N2O4/c21-14-6-7-17(15(22)10-14)24-11-13(9-18(24)25)19(26)23-16(20(27)28)8-12-4-2-1-3-5-12/h1-7,10,13,16H,8-9,11H2,(H,23,26)(H,27,28)/t13?,16-/m0/s1. The molecule has 0 saturated carbocycles. The van der Waals surface area contributed by atoms with Gasteiger partial charge in [-0.15, -0.1) is 0 Å². The van der Waals surface area contributed by atoms with Gasteiger partial charge in [0.2, 0.25) is 11.8 Å². The highest BCUT2D eigenvalue weighted by Crippen LogP contribution is 2.28. The Bertz CT molecular complexity index is 904. The molecular weight excluding hydrogens is 370 g/mol. The van der Waals surface area contributed by atoms with Gasteiger partial charge in [0.1, 0.15) is 17.7 Å². The summed E-state index contributed by atoms with van der Waals surface area (Å²) in [5.74, 6) is -4.77. The van der Waals surface area contributed by atoms with E-state index in [1.807, 2.05) is 0 Å². The molecule has 2 aromatic carbocycles. The zero-order valence-corrected chi connectivity index (χ0v) is 14.8. The van der Waals surface area contributed by atoms with Crippen molar-refractivity contribution in [3.63, 3.8) is 0 Å². The maximum atomic E-state index is 13.9. The molecule has 0 bridgehead atoms. The van der Waals surface area contributed by atoms with Crippen LogP contribution in [0.25, 0.3) is 0 Å². The Hall–Kier alpha value is -3.29. The van der Waals surface area contributed by atoms with E-state index in [9.17, 15) is 28.3 Å². The lowest BCUT2D eigenvalue weighted by atomic mass is 10.0. The van der Waals surface area contributed by atoms with E-state index in [1.165, 1.54) is 0 Å². The average Bonchev–Trinajstić information content (AvgIpc) is 3.03. The minimum atomic E-state index is -1.19. The molecule has 6 nitrogen and oxygen atoms in total. The fourth-order valence-corrected chi connectivity index (χ4v) is 3.16. The zero-order chi connectivity index (χ0) is 20.3. The van der Waals surface area contributed by atoms with Crippen molar-refractivity contribution in [2.75, 3.05) is 11.4 Å². The summed E-state index contributed by atoms with van der Waals surface area (Å²) in [6.45, 7) is -0.106. The third-order valence-corrected chi connectivity index (χ3v) is 4.59. The van der Waals surface area contributed by atoms with Crippen molar-refractivity contribution in [2.24, 2.45) is 5.92 Å². The number of halogens is 2. The molecule has 2 aromatic rings. The van der Waals surface area contributed by atoms with Gasteiger partial charge in [0.05, 0.1) is 11.6 Å². The second-order valence-electron chi connectivity index (χ2n) is 6.59. The van der Waals surface area contributed by atoms with Gasteiger partial charge in [-0.25, -0.2) is 13.6 Å². The number of benzene rings is 2. The van der Waals surface area contributed by atoms with Gasteiger partial charge in [-0.05, 0) is 17.7 Å². The quantitative estimate of drug-likeness (QED) is 0.794. The molecule has 0 spiro atoms. The second-order valence-corrected chi connectivity index (χ2v) is 6.59. The van der Waals surface area contributed by atoms with Crippen LogP contribution in [0.2, 0.25) is 0 Å². The molecule has 1 fully saturated rings. The van der Waals surface area contributed by atoms with E-state index in [0.29, 0.717) is 6.07 Å². The van der Waals surface area contributed by atoms with E-state index in [2.05, 4.69) is 5.32 Å². The number of amides is 2. The Morgan fingerprint density at radius 1 is 1.18 bits per heavy atom. The highest BCUT2D eigenvalue weighted by Gasteiger charge is 2.37. The van der Waals surface area contributed by atoms with Crippen LogP contribution in [0.1, 0.15) is 12.0 Å². The SMILES string of the molecule is O=C(N[C@@H](Cc1ccccc1)C(=O)O)C1CC(=O)N(c2ccc(F)cc2F)C1. The molecule has 0 radical (unpaired) electrons. The highest BCUT2D eigenvalue weighted by molar-refractivity contribution is 6.00. The molecule has 0 aromatic heterocycles. The molecule has 146 valence electrons. The number of nitrogens with one attached hydrogen (secondary N) is 1. The van der Waals surface area contributed by atoms with Gasteiger partial charge in [0.25, 0.3) is 0 Å². The largest absolute Gasteiger partial charge is 0.480 e. The predicted octanol–water partition coefficient (Wildman–Crippen LogP) is 2.13. The lowest BCUT2D eigenvalue weighted by Gasteiger charge is -2.19. The van der Waals surface area contributed by atoms with Crippen LogP contribution in [-0.2, 0) is 20.8 Å². The van der Waals surface area contributed by atoms with Gasteiger partial charge >= 0.3 is 5.97 Å². The molecule has 3 rings (SSSR count). The second kappa shape index (κ2) is 8.16. The fourth-order valence-electron chi connectivity index (χ4n) is 3.16. The predicted molar refractivity (Wildman–Crippen MR) is 96.5 cm³/mol. The summed E-state index contributed by atoms with van der Waals surface area (Å²) in [5.41, 5.74) is 0.633. The first-order valence-corrected chi connectivity index (χ1v) is 8.67. The molecule has 2 atom stereocenters. The molecule has 1 heterocycles. The van der Waals surface area contributed by atoms with Crippen molar-refractivity contribution in [3.05, 3.63) is 65.7 Å². The minimum Gasteiger partial charge on any atom is -0.480 e. The molecule has 2 N–H and O–H groups in total. The molecule has 28 heavy (non-hydrogen) atoms. The third kappa shape index (κ3) is 4.33. The van der Waals surface area contributed by atoms with Crippen molar-refractivity contribution in [2.45, 2.75) is 18.9 Å². The number of aliphatic carboxylic acids is 1. The lowest BCUT2D eigenvalue weighted by molar-refractivity contribution is -0.142. The van der Waals surface area contributed by atoms with Crippen LogP contribution in [0.3, 0.4) is 0 Å². The van der Waals surface area contributed by atoms with Gasteiger partial charge in [0, 0.05) is 25.5 Å². The highest BCUT2D eigenvalue weighted by atomic mass is 19.1. The summed E-state index contributed by atoms with van der Waals surface area (Å²) in [6.07, 6.45) is -0.0841. The van der Waals surface area contributed by atoms with Crippen molar-refractivity contribution in [1.82, 2.24) is 5.32 Å². The molecule has 8 heteroatoms. The Labute approximate surface area is 159 Å². The van der Waals surface area contributed by atoms with Crippen LogP contribution in [0.5, 0.6) is 0 Å². The molecular formula is C20H18F2N2O4. The Balaban J connectivity index is 1.68. The Morgan fingerprint density at radius 2 is 1.89 bits per heavy atom. The van der Waals surface area contributed by atoms with Gasteiger partial charge in [-0.2, -0.15) is 0 Å². The molecule has 0 aliphatic carbocycles. The van der Waals surface area contributed by atoms with E-state index in [1.54, 1.807) is 30.3 Å². The number of hydrogen-bond acceptors (Lipinski definition) is 3. The van der Waals surface area contributed by atoms with Crippen molar-refractivity contribution >= 4 is 23.5 Å². The first-order chi connectivity index (χ1) is 13.3. The maximum Gasteiger partial charge on any atom is 0.326 e. The number of carboxylic acids is 1. The van der Waals surface area contributed by atoms with Gasteiger partial charge in [-0.3, -0.25) is 9.59 Å². The van der Waals surface area contributed by atoms with E-state index in [4.69, 9.17) is 0 Å². The first kappa shape index (κ1) is 19.5. The molecule has 2 amide bonds. The summed E-state index contributed by atoms with van der Waals surface area (Å²) < 4.78 is 27.0. The average molecular weight is 388 g/mol. The minimum absolute atomic E-state index is 0.0961. The molecule has 1 unspecified atom stereocenters. The summed E-state index contributed by atoms with van der Waals surface area (Å²) in [5, 5.41) is 11.8. The van der Waals surface area contributed by atoms with Crippen LogP contribution in [0, 0.1) is 17.6 Å². The van der Waals surface area contributed by atoms with E-state index >= 15 is 0 Å². The van der Waals surface area contributed by atoms with Gasteiger partial charge < -0.3 is 15.3 Å². The number of carboxylic acid groups (broad SMARTS) is 1. The first-order valence-electron chi connectivity index (χ1n) is 8.67. The molecule has 1 aliphatic heterocycles. The van der Waals surface area contributed by atoms with Gasteiger partial charge in [0.15, 0.2) is 0 Å². The number of carbonyl (C=O) groups is 3. The van der Waals surface area contributed by atoms with Crippen molar-refractivity contribution < 1.29 is 28.3 Å². The summed E-state index contributed by atoms with van der Waals surface area (Å²) >= 11 is 0. The Morgan fingerprint density at radius 3 is 2.54 bits per heavy atom. The van der Waals surface area contributed by atoms with Crippen molar-refractivity contribution in [3.8, 4) is 0 Å². The number of nitrogens with zero attached hydrogens (tertiary/aromatic N) is 1.